The van der Waals surface area contributed by atoms with Gasteiger partial charge in [-0.3, -0.25) is 4.79 Å². The SMILES string of the molecule is COc1cc(C=CC(=O)OCCCC(=C(OC(C)=O)C(=O)O)c2ccc(O)cc2)ccc1O. The van der Waals surface area contributed by atoms with Crippen LogP contribution in [0, 0.1) is 0 Å². The lowest BCUT2D eigenvalue weighted by Gasteiger charge is -2.13. The molecule has 0 heterocycles. The van der Waals surface area contributed by atoms with Crippen LogP contribution < -0.4 is 4.74 Å². The quantitative estimate of drug-likeness (QED) is 0.212. The van der Waals surface area contributed by atoms with Crippen molar-refractivity contribution in [2.45, 2.75) is 19.8 Å². The van der Waals surface area contributed by atoms with E-state index in [1.165, 1.54) is 49.6 Å². The standard InChI is InChI=1S/C24H24O9/c1-15(25)33-23(24(29)30)19(17-7-9-18(26)10-8-17)4-3-13-32-22(28)12-6-16-5-11-20(27)21(14-16)31-2/h5-12,14,26-27H,3-4,13H2,1-2H3,(H,29,30). The minimum Gasteiger partial charge on any atom is -0.508 e. The van der Waals surface area contributed by atoms with Crippen molar-refractivity contribution in [1.82, 2.24) is 0 Å². The van der Waals surface area contributed by atoms with Crippen LogP contribution in [0.5, 0.6) is 17.2 Å². The van der Waals surface area contributed by atoms with Gasteiger partial charge in [0.25, 0.3) is 0 Å². The Morgan fingerprint density at radius 2 is 1.73 bits per heavy atom. The Morgan fingerprint density at radius 3 is 2.33 bits per heavy atom. The molecular formula is C24H24O9. The zero-order valence-electron chi connectivity index (χ0n) is 18.1. The van der Waals surface area contributed by atoms with Crippen LogP contribution in [0.1, 0.15) is 30.9 Å². The molecule has 174 valence electrons. The molecule has 9 nitrogen and oxygen atoms in total. The number of hydrogen-bond donors (Lipinski definition) is 3. The van der Waals surface area contributed by atoms with Crippen molar-refractivity contribution in [1.29, 1.82) is 0 Å². The van der Waals surface area contributed by atoms with Crippen molar-refractivity contribution in [2.24, 2.45) is 0 Å². The Hall–Kier alpha value is -4.27. The summed E-state index contributed by atoms with van der Waals surface area (Å²) in [5.41, 5.74) is 1.28. The van der Waals surface area contributed by atoms with Crippen molar-refractivity contribution in [3.8, 4) is 17.2 Å². The van der Waals surface area contributed by atoms with Gasteiger partial charge in [0.05, 0.1) is 13.7 Å². The lowest BCUT2D eigenvalue weighted by Crippen LogP contribution is -2.12. The molecule has 33 heavy (non-hydrogen) atoms. The molecule has 0 radical (unpaired) electrons. The highest BCUT2D eigenvalue weighted by Gasteiger charge is 2.20. The van der Waals surface area contributed by atoms with E-state index in [1.54, 1.807) is 12.1 Å². The van der Waals surface area contributed by atoms with Gasteiger partial charge in [0, 0.05) is 18.6 Å². The summed E-state index contributed by atoms with van der Waals surface area (Å²) in [6, 6.07) is 10.3. The zero-order valence-corrected chi connectivity index (χ0v) is 18.1. The maximum absolute atomic E-state index is 12.0. The lowest BCUT2D eigenvalue weighted by atomic mass is 9.99. The second-order valence-electron chi connectivity index (χ2n) is 6.79. The third kappa shape index (κ3) is 7.73. The van der Waals surface area contributed by atoms with Gasteiger partial charge in [-0.1, -0.05) is 18.2 Å². The summed E-state index contributed by atoms with van der Waals surface area (Å²) in [5.74, 6) is -3.11. The number of benzene rings is 2. The van der Waals surface area contributed by atoms with Crippen molar-refractivity contribution < 1.29 is 43.9 Å². The van der Waals surface area contributed by atoms with Gasteiger partial charge in [-0.25, -0.2) is 9.59 Å². The number of methoxy groups -OCH3 is 1. The predicted octanol–water partition coefficient (Wildman–Crippen LogP) is 3.50. The van der Waals surface area contributed by atoms with Crippen molar-refractivity contribution in [3.05, 3.63) is 65.4 Å². The average Bonchev–Trinajstić information content (AvgIpc) is 2.78. The van der Waals surface area contributed by atoms with Crippen LogP contribution in [0.15, 0.2) is 54.3 Å². The fourth-order valence-corrected chi connectivity index (χ4v) is 2.86. The number of ether oxygens (including phenoxy) is 3. The van der Waals surface area contributed by atoms with Gasteiger partial charge in [-0.15, -0.1) is 0 Å². The Morgan fingerprint density at radius 1 is 1.03 bits per heavy atom. The molecule has 0 unspecified atom stereocenters. The summed E-state index contributed by atoms with van der Waals surface area (Å²) >= 11 is 0. The number of carbonyl (C=O) groups is 3. The number of rotatable bonds is 10. The van der Waals surface area contributed by atoms with Crippen molar-refractivity contribution in [3.63, 3.8) is 0 Å². The van der Waals surface area contributed by atoms with Crippen molar-refractivity contribution >= 4 is 29.6 Å². The highest BCUT2D eigenvalue weighted by atomic mass is 16.6. The van der Waals surface area contributed by atoms with Crippen LogP contribution in [-0.2, 0) is 23.9 Å². The smallest absolute Gasteiger partial charge is 0.372 e. The molecule has 2 aromatic rings. The molecule has 3 N–H and O–H groups in total. The van der Waals surface area contributed by atoms with Gasteiger partial charge in [-0.05, 0) is 54.3 Å². The first-order chi connectivity index (χ1) is 15.7. The Kier molecular flexibility index (Phi) is 9.05. The maximum Gasteiger partial charge on any atom is 0.372 e. The topological polar surface area (TPSA) is 140 Å². The van der Waals surface area contributed by atoms with E-state index < -0.39 is 23.7 Å². The van der Waals surface area contributed by atoms with E-state index in [2.05, 4.69) is 0 Å². The van der Waals surface area contributed by atoms with E-state index in [1.807, 2.05) is 0 Å². The molecule has 0 saturated carbocycles. The first-order valence-electron chi connectivity index (χ1n) is 9.87. The van der Waals surface area contributed by atoms with Crippen LogP contribution in [0.3, 0.4) is 0 Å². The Bertz CT molecular complexity index is 1070. The molecular weight excluding hydrogens is 432 g/mol. The number of carbonyl (C=O) groups excluding carboxylic acids is 2. The summed E-state index contributed by atoms with van der Waals surface area (Å²) in [4.78, 5) is 35.0. The molecule has 0 aliphatic rings. The van der Waals surface area contributed by atoms with E-state index in [9.17, 15) is 29.7 Å². The first-order valence-corrected chi connectivity index (χ1v) is 9.87. The fourth-order valence-electron chi connectivity index (χ4n) is 2.86. The largest absolute Gasteiger partial charge is 0.508 e. The molecule has 0 aliphatic carbocycles. The van der Waals surface area contributed by atoms with Crippen LogP contribution in [-0.4, -0.2) is 46.9 Å². The second-order valence-corrected chi connectivity index (χ2v) is 6.79. The molecule has 9 heteroatoms. The normalized spacial score (nSPS) is 11.6. The molecule has 2 rings (SSSR count). The molecule has 0 aromatic heterocycles. The predicted molar refractivity (Wildman–Crippen MR) is 118 cm³/mol. The molecule has 2 aromatic carbocycles. The highest BCUT2D eigenvalue weighted by Crippen LogP contribution is 2.28. The second kappa shape index (κ2) is 11.9. The van der Waals surface area contributed by atoms with Gasteiger partial charge in [0.2, 0.25) is 5.76 Å². The summed E-state index contributed by atoms with van der Waals surface area (Å²) in [7, 11) is 1.41. The van der Waals surface area contributed by atoms with Crippen molar-refractivity contribution in [2.75, 3.05) is 13.7 Å². The molecule has 0 aliphatic heterocycles. The third-order valence-corrected chi connectivity index (χ3v) is 4.36. The highest BCUT2D eigenvalue weighted by molar-refractivity contribution is 5.96. The number of hydrogen-bond acceptors (Lipinski definition) is 8. The Balaban J connectivity index is 2.04. The number of phenols is 2. The fraction of sp³-hybridized carbons (Fsp3) is 0.208. The zero-order chi connectivity index (χ0) is 24.4. The molecule has 0 fully saturated rings. The van der Waals surface area contributed by atoms with E-state index >= 15 is 0 Å². The number of phenolic OH excluding ortho intramolecular Hbond substituents is 2. The van der Waals surface area contributed by atoms with E-state index in [0.717, 1.165) is 6.92 Å². The number of aromatic hydroxyl groups is 2. The summed E-state index contributed by atoms with van der Waals surface area (Å²) in [6.45, 7) is 1.08. The molecule has 0 spiro atoms. The molecule has 0 bridgehead atoms. The number of carboxylic acid groups (broad SMARTS) is 1. The number of carboxylic acids is 1. The minimum atomic E-state index is -1.42. The van der Waals surface area contributed by atoms with E-state index in [0.29, 0.717) is 11.1 Å². The van der Waals surface area contributed by atoms with Crippen LogP contribution in [0.4, 0.5) is 0 Å². The number of allylic oxidation sites excluding steroid dienone is 1. The summed E-state index contributed by atoms with van der Waals surface area (Å²) in [6.07, 6.45) is 3.09. The molecule has 0 amide bonds. The van der Waals surface area contributed by atoms with Gasteiger partial charge in [-0.2, -0.15) is 0 Å². The lowest BCUT2D eigenvalue weighted by molar-refractivity contribution is -0.146. The first kappa shape index (κ1) is 25.0. The van der Waals surface area contributed by atoms with E-state index in [-0.39, 0.29) is 42.3 Å². The number of aliphatic carboxylic acids is 1. The van der Waals surface area contributed by atoms with Crippen LogP contribution >= 0.6 is 0 Å². The molecule has 0 atom stereocenters. The maximum atomic E-state index is 12.0. The average molecular weight is 456 g/mol. The number of esters is 2. The van der Waals surface area contributed by atoms with Gasteiger partial charge in [0.1, 0.15) is 5.75 Å². The summed E-state index contributed by atoms with van der Waals surface area (Å²) < 4.78 is 15.0. The van der Waals surface area contributed by atoms with Crippen LogP contribution in [0.2, 0.25) is 0 Å². The minimum absolute atomic E-state index is 0.00516. The third-order valence-electron chi connectivity index (χ3n) is 4.36. The van der Waals surface area contributed by atoms with Gasteiger partial charge in [0.15, 0.2) is 11.5 Å². The van der Waals surface area contributed by atoms with Crippen LogP contribution in [0.25, 0.3) is 11.6 Å². The Labute approximate surface area is 190 Å². The molecule has 0 saturated heterocycles. The van der Waals surface area contributed by atoms with E-state index in [4.69, 9.17) is 14.2 Å². The van der Waals surface area contributed by atoms with Gasteiger partial charge < -0.3 is 29.5 Å². The summed E-state index contributed by atoms with van der Waals surface area (Å²) in [5, 5.41) is 28.6. The monoisotopic (exact) mass is 456 g/mol. The van der Waals surface area contributed by atoms with Gasteiger partial charge >= 0.3 is 17.9 Å².